The van der Waals surface area contributed by atoms with Gasteiger partial charge in [0.15, 0.2) is 0 Å². The monoisotopic (exact) mass is 255 g/mol. The first kappa shape index (κ1) is 15.9. The maximum absolute atomic E-state index is 3.62. The van der Waals surface area contributed by atoms with Crippen molar-refractivity contribution in [2.24, 2.45) is 0 Å². The molecular formula is C15H33N3. The third-order valence-electron chi connectivity index (χ3n) is 4.36. The minimum Gasteiger partial charge on any atom is -0.311 e. The summed E-state index contributed by atoms with van der Waals surface area (Å²) in [6.07, 6.45) is 3.90. The van der Waals surface area contributed by atoms with E-state index in [4.69, 9.17) is 0 Å². The Morgan fingerprint density at radius 2 is 2.06 bits per heavy atom. The number of nitrogens with one attached hydrogen (secondary N) is 1. The van der Waals surface area contributed by atoms with Gasteiger partial charge in [-0.1, -0.05) is 6.92 Å². The van der Waals surface area contributed by atoms with Crippen LogP contribution in [-0.4, -0.2) is 61.2 Å². The summed E-state index contributed by atoms with van der Waals surface area (Å²) in [7, 11) is 2.23. The molecule has 1 rings (SSSR count). The lowest BCUT2D eigenvalue weighted by Crippen LogP contribution is -2.55. The molecule has 3 nitrogen and oxygen atoms in total. The standard InChI is InChI=1S/C15H33N3/c1-6-15-12-18(14(4)11-16-15)10-8-7-9-17(5)13(2)3/h13-16H,6-12H2,1-5H3. The molecule has 1 saturated heterocycles. The van der Waals surface area contributed by atoms with E-state index in [0.29, 0.717) is 18.1 Å². The quantitative estimate of drug-likeness (QED) is 0.704. The number of unbranched alkanes of at least 4 members (excludes halogenated alkanes) is 1. The van der Waals surface area contributed by atoms with Crippen molar-refractivity contribution in [3.63, 3.8) is 0 Å². The van der Waals surface area contributed by atoms with Gasteiger partial charge in [0, 0.05) is 31.2 Å². The predicted octanol–water partition coefficient (Wildman–Crippen LogP) is 2.18. The van der Waals surface area contributed by atoms with Crippen LogP contribution < -0.4 is 5.32 Å². The molecule has 2 atom stereocenters. The number of rotatable bonds is 7. The van der Waals surface area contributed by atoms with Crippen LogP contribution in [0.15, 0.2) is 0 Å². The van der Waals surface area contributed by atoms with Gasteiger partial charge < -0.3 is 10.2 Å². The molecule has 1 heterocycles. The van der Waals surface area contributed by atoms with Crippen LogP contribution in [0.5, 0.6) is 0 Å². The molecule has 0 amide bonds. The Balaban J connectivity index is 2.17. The highest BCUT2D eigenvalue weighted by molar-refractivity contribution is 4.82. The first-order chi connectivity index (χ1) is 8.54. The molecule has 0 saturated carbocycles. The van der Waals surface area contributed by atoms with Crippen molar-refractivity contribution < 1.29 is 0 Å². The zero-order chi connectivity index (χ0) is 13.5. The second-order valence-electron chi connectivity index (χ2n) is 6.14. The van der Waals surface area contributed by atoms with E-state index in [-0.39, 0.29) is 0 Å². The Kier molecular flexibility index (Phi) is 7.20. The normalized spacial score (nSPS) is 26.2. The summed E-state index contributed by atoms with van der Waals surface area (Å²) in [6.45, 7) is 14.1. The van der Waals surface area contributed by atoms with Gasteiger partial charge in [0.05, 0.1) is 0 Å². The van der Waals surface area contributed by atoms with Crippen LogP contribution in [-0.2, 0) is 0 Å². The summed E-state index contributed by atoms with van der Waals surface area (Å²) in [5, 5.41) is 3.62. The molecule has 1 N–H and O–H groups in total. The average molecular weight is 255 g/mol. The second-order valence-corrected chi connectivity index (χ2v) is 6.14. The lowest BCUT2D eigenvalue weighted by molar-refractivity contribution is 0.134. The zero-order valence-electron chi connectivity index (χ0n) is 13.1. The fraction of sp³-hybridized carbons (Fsp3) is 1.00. The molecule has 1 aliphatic heterocycles. The number of hydrogen-bond acceptors (Lipinski definition) is 3. The Labute approximate surface area is 114 Å². The highest BCUT2D eigenvalue weighted by Gasteiger charge is 2.22. The predicted molar refractivity (Wildman–Crippen MR) is 80.1 cm³/mol. The van der Waals surface area contributed by atoms with Crippen molar-refractivity contribution in [1.82, 2.24) is 15.1 Å². The van der Waals surface area contributed by atoms with Crippen LogP contribution in [0.4, 0.5) is 0 Å². The topological polar surface area (TPSA) is 18.5 Å². The molecule has 2 unspecified atom stereocenters. The molecule has 0 aromatic heterocycles. The van der Waals surface area contributed by atoms with E-state index in [0.717, 1.165) is 6.54 Å². The number of nitrogens with zero attached hydrogens (tertiary/aromatic N) is 2. The Bertz CT molecular complexity index is 218. The molecule has 0 radical (unpaired) electrons. The van der Waals surface area contributed by atoms with Gasteiger partial charge in [-0.2, -0.15) is 0 Å². The van der Waals surface area contributed by atoms with Gasteiger partial charge in [0.2, 0.25) is 0 Å². The van der Waals surface area contributed by atoms with Crippen LogP contribution in [0.25, 0.3) is 0 Å². The fourth-order valence-electron chi connectivity index (χ4n) is 2.51. The Hall–Kier alpha value is -0.120. The van der Waals surface area contributed by atoms with Crippen LogP contribution in [0.3, 0.4) is 0 Å². The summed E-state index contributed by atoms with van der Waals surface area (Å²) in [5.74, 6) is 0. The van der Waals surface area contributed by atoms with Gasteiger partial charge in [0.1, 0.15) is 0 Å². The molecule has 0 aromatic rings. The van der Waals surface area contributed by atoms with Gasteiger partial charge in [-0.15, -0.1) is 0 Å². The average Bonchev–Trinajstić information content (AvgIpc) is 2.36. The van der Waals surface area contributed by atoms with Crippen LogP contribution in [0.2, 0.25) is 0 Å². The van der Waals surface area contributed by atoms with E-state index in [2.05, 4.69) is 49.9 Å². The summed E-state index contributed by atoms with van der Waals surface area (Å²) in [4.78, 5) is 5.11. The third kappa shape index (κ3) is 5.25. The second kappa shape index (κ2) is 8.13. The molecule has 3 heteroatoms. The minimum atomic E-state index is 0.674. The summed E-state index contributed by atoms with van der Waals surface area (Å²) < 4.78 is 0. The molecule has 18 heavy (non-hydrogen) atoms. The van der Waals surface area contributed by atoms with Gasteiger partial charge in [-0.05, 0) is 60.2 Å². The van der Waals surface area contributed by atoms with E-state index in [1.54, 1.807) is 0 Å². The lowest BCUT2D eigenvalue weighted by Gasteiger charge is -2.38. The first-order valence-electron chi connectivity index (χ1n) is 7.72. The molecule has 1 aliphatic rings. The Morgan fingerprint density at radius 3 is 2.67 bits per heavy atom. The zero-order valence-corrected chi connectivity index (χ0v) is 13.1. The molecule has 0 bridgehead atoms. The summed E-state index contributed by atoms with van der Waals surface area (Å²) in [6, 6.07) is 2.09. The molecule has 0 aliphatic carbocycles. The van der Waals surface area contributed by atoms with Gasteiger partial charge in [0.25, 0.3) is 0 Å². The van der Waals surface area contributed by atoms with E-state index >= 15 is 0 Å². The molecular weight excluding hydrogens is 222 g/mol. The molecule has 108 valence electrons. The maximum Gasteiger partial charge on any atom is 0.0193 e. The fourth-order valence-corrected chi connectivity index (χ4v) is 2.51. The minimum absolute atomic E-state index is 0.674. The van der Waals surface area contributed by atoms with E-state index in [1.807, 2.05) is 0 Å². The maximum atomic E-state index is 3.62. The van der Waals surface area contributed by atoms with E-state index in [1.165, 1.54) is 38.9 Å². The van der Waals surface area contributed by atoms with E-state index in [9.17, 15) is 0 Å². The SMILES string of the molecule is CCC1CN(CCCCN(C)C(C)C)C(C)CN1. The van der Waals surface area contributed by atoms with Gasteiger partial charge >= 0.3 is 0 Å². The van der Waals surface area contributed by atoms with Crippen molar-refractivity contribution in [2.45, 2.75) is 65.1 Å². The first-order valence-corrected chi connectivity index (χ1v) is 7.72. The summed E-state index contributed by atoms with van der Waals surface area (Å²) in [5.41, 5.74) is 0. The van der Waals surface area contributed by atoms with Crippen LogP contribution >= 0.6 is 0 Å². The Morgan fingerprint density at radius 1 is 1.33 bits per heavy atom. The smallest absolute Gasteiger partial charge is 0.0193 e. The van der Waals surface area contributed by atoms with Gasteiger partial charge in [-0.3, -0.25) is 4.90 Å². The highest BCUT2D eigenvalue weighted by Crippen LogP contribution is 2.10. The highest BCUT2D eigenvalue weighted by atomic mass is 15.2. The molecule has 1 fully saturated rings. The van der Waals surface area contributed by atoms with Gasteiger partial charge in [-0.25, -0.2) is 0 Å². The van der Waals surface area contributed by atoms with Crippen molar-refractivity contribution in [2.75, 3.05) is 33.2 Å². The third-order valence-corrected chi connectivity index (χ3v) is 4.36. The molecule has 0 spiro atoms. The van der Waals surface area contributed by atoms with Crippen molar-refractivity contribution >= 4 is 0 Å². The molecule has 0 aromatic carbocycles. The van der Waals surface area contributed by atoms with E-state index < -0.39 is 0 Å². The van der Waals surface area contributed by atoms with Crippen molar-refractivity contribution in [3.05, 3.63) is 0 Å². The van der Waals surface area contributed by atoms with Crippen molar-refractivity contribution in [1.29, 1.82) is 0 Å². The van der Waals surface area contributed by atoms with Crippen LogP contribution in [0, 0.1) is 0 Å². The number of piperazine rings is 1. The summed E-state index contributed by atoms with van der Waals surface area (Å²) >= 11 is 0. The largest absolute Gasteiger partial charge is 0.311 e. The number of hydrogen-bond donors (Lipinski definition) is 1. The van der Waals surface area contributed by atoms with Crippen molar-refractivity contribution in [3.8, 4) is 0 Å². The lowest BCUT2D eigenvalue weighted by atomic mass is 10.1. The van der Waals surface area contributed by atoms with Crippen LogP contribution in [0.1, 0.15) is 47.0 Å².